The number of aryl methyl sites for hydroxylation is 1. The number of aromatic nitrogens is 2. The summed E-state index contributed by atoms with van der Waals surface area (Å²) in [5.74, 6) is 2.40. The van der Waals surface area contributed by atoms with E-state index in [4.69, 9.17) is 16.3 Å². The van der Waals surface area contributed by atoms with Crippen LogP contribution >= 0.6 is 23.4 Å². The first kappa shape index (κ1) is 18.7. The summed E-state index contributed by atoms with van der Waals surface area (Å²) >= 11 is 7.64. The molecule has 26 heavy (non-hydrogen) atoms. The summed E-state index contributed by atoms with van der Waals surface area (Å²) in [6, 6.07) is 17.7. The fourth-order valence-electron chi connectivity index (χ4n) is 2.41. The molecule has 0 saturated carbocycles. The first-order valence-electron chi connectivity index (χ1n) is 8.50. The Morgan fingerprint density at radius 1 is 1.04 bits per heavy atom. The number of benzene rings is 2. The van der Waals surface area contributed by atoms with Gasteiger partial charge in [0.15, 0.2) is 5.16 Å². The molecule has 0 atom stereocenters. The Labute approximate surface area is 163 Å². The van der Waals surface area contributed by atoms with Crippen molar-refractivity contribution < 1.29 is 4.74 Å². The molecule has 0 bridgehead atoms. The molecule has 3 nitrogen and oxygen atoms in total. The number of rotatable bonds is 6. The second-order valence-corrected chi connectivity index (χ2v) is 7.78. The first-order valence-corrected chi connectivity index (χ1v) is 9.87. The van der Waals surface area contributed by atoms with E-state index >= 15 is 0 Å². The standard InChI is InChI=1S/C21H21ClN2OS/c1-14(2)19-12-20(25-18-9-4-6-15(3)10-18)24-21(23-19)26-13-16-7-5-8-17(22)11-16/h4-12,14H,13H2,1-3H3. The lowest BCUT2D eigenvalue weighted by molar-refractivity contribution is 0.452. The van der Waals surface area contributed by atoms with Crippen LogP contribution in [0.3, 0.4) is 0 Å². The number of nitrogens with zero attached hydrogens (tertiary/aromatic N) is 2. The molecular formula is C21H21ClN2OS. The monoisotopic (exact) mass is 384 g/mol. The molecule has 0 unspecified atom stereocenters. The van der Waals surface area contributed by atoms with Crippen molar-refractivity contribution in [3.63, 3.8) is 0 Å². The zero-order chi connectivity index (χ0) is 18.5. The third kappa shape index (κ3) is 5.23. The minimum absolute atomic E-state index is 0.295. The van der Waals surface area contributed by atoms with Gasteiger partial charge in [-0.1, -0.05) is 61.5 Å². The SMILES string of the molecule is Cc1cccc(Oc2cc(C(C)C)nc(SCc3cccc(Cl)c3)n2)c1. The highest BCUT2D eigenvalue weighted by Crippen LogP contribution is 2.28. The second-order valence-electron chi connectivity index (χ2n) is 6.41. The Balaban J connectivity index is 1.81. The number of hydrogen-bond acceptors (Lipinski definition) is 4. The van der Waals surface area contributed by atoms with Crippen LogP contribution in [0.2, 0.25) is 5.02 Å². The lowest BCUT2D eigenvalue weighted by Crippen LogP contribution is -2.00. The highest BCUT2D eigenvalue weighted by atomic mass is 35.5. The minimum Gasteiger partial charge on any atom is -0.439 e. The molecule has 0 amide bonds. The predicted octanol–water partition coefficient (Wildman–Crippen LogP) is 6.65. The van der Waals surface area contributed by atoms with Crippen molar-refractivity contribution in [2.45, 2.75) is 37.6 Å². The van der Waals surface area contributed by atoms with Crippen LogP contribution < -0.4 is 4.74 Å². The number of thioether (sulfide) groups is 1. The van der Waals surface area contributed by atoms with Crippen LogP contribution in [0.4, 0.5) is 0 Å². The van der Waals surface area contributed by atoms with E-state index < -0.39 is 0 Å². The topological polar surface area (TPSA) is 35.0 Å². The third-order valence-corrected chi connectivity index (χ3v) is 4.92. The lowest BCUT2D eigenvalue weighted by Gasteiger charge is -2.11. The summed E-state index contributed by atoms with van der Waals surface area (Å²) in [5.41, 5.74) is 3.26. The molecule has 1 heterocycles. The minimum atomic E-state index is 0.295. The van der Waals surface area contributed by atoms with Gasteiger partial charge in [0, 0.05) is 16.8 Å². The van der Waals surface area contributed by atoms with E-state index in [9.17, 15) is 0 Å². The zero-order valence-electron chi connectivity index (χ0n) is 15.1. The fourth-order valence-corrected chi connectivity index (χ4v) is 3.42. The summed E-state index contributed by atoms with van der Waals surface area (Å²) in [6.45, 7) is 6.27. The van der Waals surface area contributed by atoms with E-state index in [0.717, 1.165) is 33.3 Å². The molecule has 0 fully saturated rings. The summed E-state index contributed by atoms with van der Waals surface area (Å²) in [4.78, 5) is 9.24. The van der Waals surface area contributed by atoms with E-state index in [1.54, 1.807) is 11.8 Å². The van der Waals surface area contributed by atoms with Gasteiger partial charge in [0.1, 0.15) is 5.75 Å². The van der Waals surface area contributed by atoms with Crippen molar-refractivity contribution in [2.24, 2.45) is 0 Å². The number of halogens is 1. The average Bonchev–Trinajstić information content (AvgIpc) is 2.60. The van der Waals surface area contributed by atoms with Crippen LogP contribution in [0.15, 0.2) is 59.8 Å². The van der Waals surface area contributed by atoms with Crippen LogP contribution in [0, 0.1) is 6.92 Å². The molecule has 0 aliphatic heterocycles. The summed E-state index contributed by atoms with van der Waals surface area (Å²) in [7, 11) is 0. The predicted molar refractivity (Wildman–Crippen MR) is 108 cm³/mol. The molecule has 0 spiro atoms. The summed E-state index contributed by atoms with van der Waals surface area (Å²) in [6.07, 6.45) is 0. The van der Waals surface area contributed by atoms with Gasteiger partial charge in [0.25, 0.3) is 0 Å². The average molecular weight is 385 g/mol. The molecular weight excluding hydrogens is 364 g/mol. The molecule has 134 valence electrons. The van der Waals surface area contributed by atoms with Crippen molar-refractivity contribution in [3.05, 3.63) is 76.4 Å². The van der Waals surface area contributed by atoms with Gasteiger partial charge in [-0.15, -0.1) is 0 Å². The molecule has 2 aromatic carbocycles. The Morgan fingerprint density at radius 2 is 1.85 bits per heavy atom. The first-order chi connectivity index (χ1) is 12.5. The van der Waals surface area contributed by atoms with Crippen LogP contribution in [0.25, 0.3) is 0 Å². The van der Waals surface area contributed by atoms with Gasteiger partial charge in [-0.25, -0.2) is 4.98 Å². The van der Waals surface area contributed by atoms with Gasteiger partial charge >= 0.3 is 0 Å². The molecule has 0 saturated heterocycles. The Morgan fingerprint density at radius 3 is 2.58 bits per heavy atom. The van der Waals surface area contributed by atoms with Gasteiger partial charge in [0.05, 0.1) is 5.69 Å². The van der Waals surface area contributed by atoms with Gasteiger partial charge in [-0.05, 0) is 48.2 Å². The second kappa shape index (κ2) is 8.56. The third-order valence-electron chi connectivity index (χ3n) is 3.76. The molecule has 1 aromatic heterocycles. The van der Waals surface area contributed by atoms with Gasteiger partial charge in [-0.2, -0.15) is 4.98 Å². The molecule has 0 radical (unpaired) electrons. The van der Waals surface area contributed by atoms with Crippen LogP contribution in [-0.2, 0) is 5.75 Å². The Bertz CT molecular complexity index is 899. The van der Waals surface area contributed by atoms with Gasteiger partial charge < -0.3 is 4.74 Å². The maximum absolute atomic E-state index is 6.06. The van der Waals surface area contributed by atoms with E-state index in [1.807, 2.05) is 55.5 Å². The van der Waals surface area contributed by atoms with E-state index in [0.29, 0.717) is 17.0 Å². The van der Waals surface area contributed by atoms with Crippen LogP contribution in [0.5, 0.6) is 11.6 Å². The van der Waals surface area contributed by atoms with E-state index in [2.05, 4.69) is 29.9 Å². The maximum atomic E-state index is 6.06. The highest BCUT2D eigenvalue weighted by molar-refractivity contribution is 7.98. The molecule has 3 rings (SSSR count). The van der Waals surface area contributed by atoms with E-state index in [-0.39, 0.29) is 0 Å². The molecule has 0 aliphatic rings. The fraction of sp³-hybridized carbons (Fsp3) is 0.238. The Hall–Kier alpha value is -2.04. The van der Waals surface area contributed by atoms with Crippen molar-refractivity contribution in [1.82, 2.24) is 9.97 Å². The molecule has 0 N–H and O–H groups in total. The zero-order valence-corrected chi connectivity index (χ0v) is 16.6. The maximum Gasteiger partial charge on any atom is 0.223 e. The summed E-state index contributed by atoms with van der Waals surface area (Å²) < 4.78 is 5.98. The molecule has 0 aliphatic carbocycles. The summed E-state index contributed by atoms with van der Waals surface area (Å²) in [5, 5.41) is 1.45. The molecule has 3 aromatic rings. The van der Waals surface area contributed by atoms with Gasteiger partial charge in [-0.3, -0.25) is 0 Å². The van der Waals surface area contributed by atoms with Crippen LogP contribution in [-0.4, -0.2) is 9.97 Å². The smallest absolute Gasteiger partial charge is 0.223 e. The normalized spacial score (nSPS) is 11.0. The van der Waals surface area contributed by atoms with Crippen molar-refractivity contribution in [2.75, 3.05) is 0 Å². The van der Waals surface area contributed by atoms with Crippen molar-refractivity contribution in [3.8, 4) is 11.6 Å². The van der Waals surface area contributed by atoms with Crippen molar-refractivity contribution >= 4 is 23.4 Å². The highest BCUT2D eigenvalue weighted by Gasteiger charge is 2.11. The number of hydrogen-bond donors (Lipinski definition) is 0. The Kier molecular flexibility index (Phi) is 6.17. The quantitative estimate of drug-likeness (QED) is 0.352. The van der Waals surface area contributed by atoms with Crippen molar-refractivity contribution in [1.29, 1.82) is 0 Å². The van der Waals surface area contributed by atoms with E-state index in [1.165, 1.54) is 0 Å². The lowest BCUT2D eigenvalue weighted by atomic mass is 10.1. The number of ether oxygens (including phenoxy) is 1. The van der Waals surface area contributed by atoms with Gasteiger partial charge in [0.2, 0.25) is 5.88 Å². The molecule has 5 heteroatoms. The van der Waals surface area contributed by atoms with Crippen LogP contribution in [0.1, 0.15) is 36.6 Å². The largest absolute Gasteiger partial charge is 0.439 e.